The Morgan fingerprint density at radius 1 is 1.23 bits per heavy atom. The number of halogens is 1. The number of hydrogen-bond donors (Lipinski definition) is 0. The van der Waals surface area contributed by atoms with E-state index in [1.54, 1.807) is 25.3 Å². The zero-order chi connectivity index (χ0) is 9.26. The molecule has 1 aromatic heterocycles. The highest BCUT2D eigenvalue weighted by atomic mass is 35.5. The molecule has 0 N–H and O–H groups in total. The first-order valence-corrected chi connectivity index (χ1v) is 4.01. The van der Waals surface area contributed by atoms with Crippen LogP contribution >= 0.6 is 11.6 Å². The second-order valence-corrected chi connectivity index (χ2v) is 2.77. The molecule has 0 aliphatic heterocycles. The minimum atomic E-state index is 0.140. The lowest BCUT2D eigenvalue weighted by molar-refractivity contribution is 0.415. The molecule has 0 amide bonds. The minimum Gasteiger partial charge on any atom is -0.497 e. The first-order valence-electron chi connectivity index (χ1n) is 3.63. The van der Waals surface area contributed by atoms with Crippen molar-refractivity contribution in [3.05, 3.63) is 23.5 Å². The Hall–Kier alpha value is -1.42. The fourth-order valence-electron chi connectivity index (χ4n) is 1.02. The third kappa shape index (κ3) is 1.53. The first kappa shape index (κ1) is 8.19. The second-order valence-electron chi connectivity index (χ2n) is 2.44. The number of hydrogen-bond acceptors (Lipinski definition) is 4. The van der Waals surface area contributed by atoms with Crippen molar-refractivity contribution in [3.63, 3.8) is 0 Å². The molecule has 0 saturated heterocycles. The van der Waals surface area contributed by atoms with Crippen LogP contribution < -0.4 is 4.74 Å². The van der Waals surface area contributed by atoms with Gasteiger partial charge in [-0.05, 0) is 23.7 Å². The van der Waals surface area contributed by atoms with E-state index in [9.17, 15) is 0 Å². The van der Waals surface area contributed by atoms with Crippen LogP contribution in [0.25, 0.3) is 11.0 Å². The fourth-order valence-corrected chi connectivity index (χ4v) is 1.15. The Kier molecular flexibility index (Phi) is 1.98. The van der Waals surface area contributed by atoms with Gasteiger partial charge >= 0.3 is 0 Å². The lowest BCUT2D eigenvalue weighted by atomic mass is 10.3. The molecule has 1 heterocycles. The number of rotatable bonds is 1. The summed E-state index contributed by atoms with van der Waals surface area (Å²) in [6, 6.07) is 5.34. The third-order valence-corrected chi connectivity index (χ3v) is 1.80. The van der Waals surface area contributed by atoms with Gasteiger partial charge in [0.1, 0.15) is 11.3 Å². The largest absolute Gasteiger partial charge is 0.497 e. The Labute approximate surface area is 79.5 Å². The predicted molar refractivity (Wildman–Crippen MR) is 48.9 cm³/mol. The number of benzene rings is 1. The molecule has 0 radical (unpaired) electrons. The summed E-state index contributed by atoms with van der Waals surface area (Å²) in [5.74, 6) is 0.726. The molecule has 0 aliphatic carbocycles. The van der Waals surface area contributed by atoms with E-state index in [0.717, 1.165) is 5.75 Å². The summed E-state index contributed by atoms with van der Waals surface area (Å²) in [5, 5.41) is 7.62. The molecule has 2 aromatic rings. The summed E-state index contributed by atoms with van der Waals surface area (Å²) in [5.41, 5.74) is 1.38. The van der Waals surface area contributed by atoms with Crippen molar-refractivity contribution in [2.24, 2.45) is 0 Å². The monoisotopic (exact) mass is 195 g/mol. The normalized spacial score (nSPS) is 10.3. The molecule has 2 rings (SSSR count). The van der Waals surface area contributed by atoms with Crippen LogP contribution in [-0.2, 0) is 0 Å². The van der Waals surface area contributed by atoms with Gasteiger partial charge in [0.05, 0.1) is 12.6 Å². The van der Waals surface area contributed by atoms with Gasteiger partial charge < -0.3 is 4.74 Å². The second kappa shape index (κ2) is 3.14. The maximum Gasteiger partial charge on any atom is 0.243 e. The van der Waals surface area contributed by atoms with Gasteiger partial charge in [0, 0.05) is 6.07 Å². The summed E-state index contributed by atoms with van der Waals surface area (Å²) in [7, 11) is 1.59. The number of methoxy groups -OCH3 is 1. The summed E-state index contributed by atoms with van der Waals surface area (Å²) in [4.78, 5) is 4.00. The third-order valence-electron chi connectivity index (χ3n) is 1.64. The maximum atomic E-state index is 5.59. The van der Waals surface area contributed by atoms with E-state index in [1.807, 2.05) is 0 Å². The van der Waals surface area contributed by atoms with E-state index in [4.69, 9.17) is 16.3 Å². The van der Waals surface area contributed by atoms with Crippen molar-refractivity contribution in [1.82, 2.24) is 15.2 Å². The zero-order valence-electron chi connectivity index (χ0n) is 6.86. The van der Waals surface area contributed by atoms with E-state index in [1.165, 1.54) is 0 Å². The molecule has 0 saturated carbocycles. The lowest BCUT2D eigenvalue weighted by Gasteiger charge is -1.99. The first-order chi connectivity index (χ1) is 6.29. The van der Waals surface area contributed by atoms with Crippen LogP contribution in [0.15, 0.2) is 18.2 Å². The summed E-state index contributed by atoms with van der Waals surface area (Å²) in [6.07, 6.45) is 0. The highest BCUT2D eigenvalue weighted by molar-refractivity contribution is 6.28. The molecule has 0 spiro atoms. The summed E-state index contributed by atoms with van der Waals surface area (Å²) in [6.45, 7) is 0. The molecule has 0 unspecified atom stereocenters. The van der Waals surface area contributed by atoms with Crippen molar-refractivity contribution in [1.29, 1.82) is 0 Å². The van der Waals surface area contributed by atoms with E-state index < -0.39 is 0 Å². The van der Waals surface area contributed by atoms with Gasteiger partial charge in [-0.3, -0.25) is 0 Å². The molecule has 66 valence electrons. The smallest absolute Gasteiger partial charge is 0.243 e. The number of aromatic nitrogens is 3. The van der Waals surface area contributed by atoms with Gasteiger partial charge in [-0.25, -0.2) is 4.98 Å². The Morgan fingerprint density at radius 2 is 2.08 bits per heavy atom. The van der Waals surface area contributed by atoms with Crippen LogP contribution in [0.1, 0.15) is 0 Å². The summed E-state index contributed by atoms with van der Waals surface area (Å²) < 4.78 is 5.03. The molecular formula is C8H6ClN3O. The van der Waals surface area contributed by atoms with Gasteiger partial charge in [0.2, 0.25) is 5.28 Å². The van der Waals surface area contributed by atoms with Crippen LogP contribution in [0.2, 0.25) is 5.28 Å². The molecule has 0 aliphatic rings. The Morgan fingerprint density at radius 3 is 2.85 bits per heavy atom. The molecule has 0 bridgehead atoms. The van der Waals surface area contributed by atoms with E-state index in [-0.39, 0.29) is 5.28 Å². The fraction of sp³-hybridized carbons (Fsp3) is 0.125. The Bertz CT molecular complexity index is 446. The minimum absolute atomic E-state index is 0.140. The average Bonchev–Trinajstić information content (AvgIpc) is 2.16. The molecule has 4 nitrogen and oxygen atoms in total. The van der Waals surface area contributed by atoms with E-state index >= 15 is 0 Å². The van der Waals surface area contributed by atoms with Crippen LogP contribution in [0.5, 0.6) is 5.75 Å². The van der Waals surface area contributed by atoms with E-state index in [2.05, 4.69) is 15.2 Å². The van der Waals surface area contributed by atoms with Crippen LogP contribution in [0.3, 0.4) is 0 Å². The SMILES string of the molecule is COc1ccc2nnc(Cl)nc2c1. The standard InChI is InChI=1S/C8H6ClN3O/c1-13-5-2-3-6-7(4-5)10-8(9)12-11-6/h2-4H,1H3. The van der Waals surface area contributed by atoms with Crippen molar-refractivity contribution in [2.75, 3.05) is 7.11 Å². The molecule has 1 aromatic carbocycles. The molecule has 0 atom stereocenters. The van der Waals surface area contributed by atoms with Crippen molar-refractivity contribution < 1.29 is 4.74 Å². The van der Waals surface area contributed by atoms with Crippen LogP contribution in [0.4, 0.5) is 0 Å². The highest BCUT2D eigenvalue weighted by Gasteiger charge is 2.00. The van der Waals surface area contributed by atoms with Crippen molar-refractivity contribution in [3.8, 4) is 5.75 Å². The molecule has 13 heavy (non-hydrogen) atoms. The molecule has 5 heteroatoms. The molecular weight excluding hydrogens is 190 g/mol. The summed E-state index contributed by atoms with van der Waals surface area (Å²) >= 11 is 5.59. The maximum absolute atomic E-state index is 5.59. The van der Waals surface area contributed by atoms with E-state index in [0.29, 0.717) is 11.0 Å². The Balaban J connectivity index is 2.68. The molecule has 0 fully saturated rings. The number of fused-ring (bicyclic) bond motifs is 1. The predicted octanol–water partition coefficient (Wildman–Crippen LogP) is 1.69. The van der Waals surface area contributed by atoms with Gasteiger partial charge in [0.25, 0.3) is 0 Å². The zero-order valence-corrected chi connectivity index (χ0v) is 7.62. The highest BCUT2D eigenvalue weighted by Crippen LogP contribution is 2.17. The van der Waals surface area contributed by atoms with Crippen molar-refractivity contribution in [2.45, 2.75) is 0 Å². The van der Waals surface area contributed by atoms with Gasteiger partial charge in [-0.15, -0.1) is 10.2 Å². The van der Waals surface area contributed by atoms with Gasteiger partial charge in [0.15, 0.2) is 0 Å². The quantitative estimate of drug-likeness (QED) is 0.695. The van der Waals surface area contributed by atoms with Crippen LogP contribution in [-0.4, -0.2) is 22.3 Å². The number of ether oxygens (including phenoxy) is 1. The topological polar surface area (TPSA) is 47.9 Å². The van der Waals surface area contributed by atoms with Gasteiger partial charge in [-0.2, -0.15) is 0 Å². The number of nitrogens with zero attached hydrogens (tertiary/aromatic N) is 3. The lowest BCUT2D eigenvalue weighted by Crippen LogP contribution is -1.90. The average molecular weight is 196 g/mol. The van der Waals surface area contributed by atoms with Crippen LogP contribution in [0, 0.1) is 0 Å². The van der Waals surface area contributed by atoms with Crippen molar-refractivity contribution >= 4 is 22.6 Å². The van der Waals surface area contributed by atoms with Gasteiger partial charge in [-0.1, -0.05) is 0 Å².